The fraction of sp³-hybridized carbons (Fsp3) is 0. The Hall–Kier alpha value is -0.740. The SMILES string of the molecule is Fc1ccc(F)c(NC(=S)Cl)c1. The summed E-state index contributed by atoms with van der Waals surface area (Å²) >= 11 is 9.71. The van der Waals surface area contributed by atoms with Crippen LogP contribution in [0.1, 0.15) is 0 Å². The normalized spacial score (nSPS) is 9.58. The topological polar surface area (TPSA) is 12.0 Å². The van der Waals surface area contributed by atoms with E-state index in [1.807, 2.05) is 0 Å². The average molecular weight is 208 g/mol. The molecule has 0 aliphatic carbocycles. The number of halogens is 3. The molecule has 1 rings (SSSR count). The van der Waals surface area contributed by atoms with E-state index in [1.165, 1.54) is 0 Å². The first-order chi connectivity index (χ1) is 5.59. The molecule has 0 radical (unpaired) electrons. The molecule has 0 aliphatic rings. The highest BCUT2D eigenvalue weighted by molar-refractivity contribution is 7.83. The van der Waals surface area contributed by atoms with Gasteiger partial charge in [0.15, 0.2) is 4.45 Å². The minimum absolute atomic E-state index is 0.0602. The fourth-order valence-electron chi connectivity index (χ4n) is 0.699. The van der Waals surface area contributed by atoms with Gasteiger partial charge in [0.2, 0.25) is 0 Å². The predicted molar refractivity (Wildman–Crippen MR) is 48.4 cm³/mol. The molecule has 0 atom stereocenters. The van der Waals surface area contributed by atoms with Crippen molar-refractivity contribution in [3.8, 4) is 0 Å². The fourth-order valence-corrected chi connectivity index (χ4v) is 0.911. The molecular weight excluding hydrogens is 204 g/mol. The molecule has 1 aromatic carbocycles. The van der Waals surface area contributed by atoms with Gasteiger partial charge in [-0.15, -0.1) is 0 Å². The van der Waals surface area contributed by atoms with E-state index >= 15 is 0 Å². The molecule has 1 nitrogen and oxygen atoms in total. The lowest BCUT2D eigenvalue weighted by Crippen LogP contribution is -2.03. The zero-order valence-corrected chi connectivity index (χ0v) is 7.35. The minimum atomic E-state index is -0.598. The first-order valence-electron chi connectivity index (χ1n) is 3.01. The standard InChI is InChI=1S/C7H4ClF2NS/c8-7(12)11-6-3-4(9)1-2-5(6)10/h1-3H,(H,11,12). The van der Waals surface area contributed by atoms with Crippen LogP contribution in [0.25, 0.3) is 0 Å². The van der Waals surface area contributed by atoms with Crippen molar-refractivity contribution >= 4 is 34.0 Å². The van der Waals surface area contributed by atoms with Crippen LogP contribution in [0, 0.1) is 11.6 Å². The van der Waals surface area contributed by atoms with Crippen molar-refractivity contribution < 1.29 is 8.78 Å². The largest absolute Gasteiger partial charge is 0.334 e. The van der Waals surface area contributed by atoms with Gasteiger partial charge in [-0.1, -0.05) is 11.6 Å². The molecule has 64 valence electrons. The third-order valence-electron chi connectivity index (χ3n) is 1.16. The second-order valence-electron chi connectivity index (χ2n) is 2.02. The van der Waals surface area contributed by atoms with Crippen molar-refractivity contribution in [3.63, 3.8) is 0 Å². The summed E-state index contributed by atoms with van der Waals surface area (Å²) in [4.78, 5) is 0. The Bertz CT molecular complexity index is 316. The van der Waals surface area contributed by atoms with Gasteiger partial charge in [-0.3, -0.25) is 0 Å². The molecule has 0 amide bonds. The van der Waals surface area contributed by atoms with Crippen LogP contribution in [0.3, 0.4) is 0 Å². The molecule has 1 N–H and O–H groups in total. The second kappa shape index (κ2) is 3.78. The van der Waals surface area contributed by atoms with E-state index in [-0.39, 0.29) is 10.1 Å². The van der Waals surface area contributed by atoms with Crippen LogP contribution in [0.4, 0.5) is 14.5 Å². The van der Waals surface area contributed by atoms with Gasteiger partial charge in [0.25, 0.3) is 0 Å². The lowest BCUT2D eigenvalue weighted by Gasteiger charge is -2.02. The highest BCUT2D eigenvalue weighted by Crippen LogP contribution is 2.15. The Morgan fingerprint density at radius 1 is 1.42 bits per heavy atom. The first kappa shape index (κ1) is 9.35. The molecular formula is C7H4ClF2NS. The van der Waals surface area contributed by atoms with E-state index in [4.69, 9.17) is 11.6 Å². The summed E-state index contributed by atoms with van der Waals surface area (Å²) in [6, 6.07) is 2.98. The molecule has 0 bridgehead atoms. The molecule has 0 saturated heterocycles. The van der Waals surface area contributed by atoms with Crippen molar-refractivity contribution in [2.24, 2.45) is 0 Å². The van der Waals surface area contributed by atoms with Crippen LogP contribution in [0.5, 0.6) is 0 Å². The van der Waals surface area contributed by atoms with Gasteiger partial charge in [0, 0.05) is 6.07 Å². The van der Waals surface area contributed by atoms with Gasteiger partial charge < -0.3 is 5.32 Å². The van der Waals surface area contributed by atoms with Crippen LogP contribution in [0.2, 0.25) is 0 Å². The monoisotopic (exact) mass is 207 g/mol. The van der Waals surface area contributed by atoms with E-state index in [0.717, 1.165) is 18.2 Å². The van der Waals surface area contributed by atoms with Crippen molar-refractivity contribution in [3.05, 3.63) is 29.8 Å². The van der Waals surface area contributed by atoms with E-state index in [9.17, 15) is 8.78 Å². The summed E-state index contributed by atoms with van der Waals surface area (Å²) in [5.41, 5.74) is -0.0602. The molecule has 12 heavy (non-hydrogen) atoms. The molecule has 0 aliphatic heterocycles. The first-order valence-corrected chi connectivity index (χ1v) is 3.80. The second-order valence-corrected chi connectivity index (χ2v) is 3.03. The maximum Gasteiger partial charge on any atom is 0.171 e. The van der Waals surface area contributed by atoms with Gasteiger partial charge >= 0.3 is 0 Å². The van der Waals surface area contributed by atoms with Crippen LogP contribution >= 0.6 is 23.8 Å². The quantitative estimate of drug-likeness (QED) is 0.432. The number of rotatable bonds is 1. The number of nitrogens with one attached hydrogen (secondary N) is 1. The number of hydrogen-bond acceptors (Lipinski definition) is 1. The smallest absolute Gasteiger partial charge is 0.171 e. The van der Waals surface area contributed by atoms with Gasteiger partial charge in [-0.25, -0.2) is 8.78 Å². The predicted octanol–water partition coefficient (Wildman–Crippen LogP) is 2.90. The van der Waals surface area contributed by atoms with Crippen LogP contribution in [-0.2, 0) is 0 Å². The van der Waals surface area contributed by atoms with Gasteiger partial charge in [0.1, 0.15) is 11.6 Å². The number of benzene rings is 1. The van der Waals surface area contributed by atoms with E-state index in [2.05, 4.69) is 17.5 Å². The molecule has 0 fully saturated rings. The van der Waals surface area contributed by atoms with Crippen molar-refractivity contribution in [2.45, 2.75) is 0 Å². The van der Waals surface area contributed by atoms with Crippen LogP contribution in [0.15, 0.2) is 18.2 Å². The third-order valence-corrected chi connectivity index (χ3v) is 1.36. The average Bonchev–Trinajstić information content (AvgIpc) is 1.96. The highest BCUT2D eigenvalue weighted by atomic mass is 35.5. The van der Waals surface area contributed by atoms with Crippen molar-refractivity contribution in [1.82, 2.24) is 0 Å². The summed E-state index contributed by atoms with van der Waals surface area (Å²) in [5.74, 6) is -1.15. The Morgan fingerprint density at radius 3 is 2.67 bits per heavy atom. The summed E-state index contributed by atoms with van der Waals surface area (Å²) in [7, 11) is 0. The van der Waals surface area contributed by atoms with E-state index in [1.54, 1.807) is 0 Å². The molecule has 0 spiro atoms. The summed E-state index contributed by atoms with van der Waals surface area (Å²) in [6.07, 6.45) is 0. The lowest BCUT2D eigenvalue weighted by molar-refractivity contribution is 0.604. The van der Waals surface area contributed by atoms with E-state index in [0.29, 0.717) is 0 Å². The zero-order valence-electron chi connectivity index (χ0n) is 5.77. The highest BCUT2D eigenvalue weighted by Gasteiger charge is 2.03. The Labute approximate surface area is 78.3 Å². The molecule has 0 unspecified atom stereocenters. The number of anilines is 1. The molecule has 5 heteroatoms. The van der Waals surface area contributed by atoms with Crippen molar-refractivity contribution in [1.29, 1.82) is 0 Å². The summed E-state index contributed by atoms with van der Waals surface area (Å²) in [5, 5.41) is 2.30. The van der Waals surface area contributed by atoms with Crippen molar-refractivity contribution in [2.75, 3.05) is 5.32 Å². The Morgan fingerprint density at radius 2 is 2.08 bits per heavy atom. The summed E-state index contributed by atoms with van der Waals surface area (Å²) in [6.45, 7) is 0. The maximum atomic E-state index is 12.8. The molecule has 1 aromatic rings. The van der Waals surface area contributed by atoms with E-state index < -0.39 is 11.6 Å². The number of hydrogen-bond donors (Lipinski definition) is 1. The Kier molecular flexibility index (Phi) is 2.94. The molecule has 0 saturated carbocycles. The maximum absolute atomic E-state index is 12.8. The minimum Gasteiger partial charge on any atom is -0.334 e. The number of thiocarbonyl (C=S) groups is 1. The van der Waals surface area contributed by atoms with Crippen LogP contribution in [-0.4, -0.2) is 4.45 Å². The Balaban J connectivity index is 2.97. The zero-order chi connectivity index (χ0) is 9.14. The van der Waals surface area contributed by atoms with Gasteiger partial charge in [-0.2, -0.15) is 0 Å². The van der Waals surface area contributed by atoms with Crippen LogP contribution < -0.4 is 5.32 Å². The lowest BCUT2D eigenvalue weighted by atomic mass is 10.3. The van der Waals surface area contributed by atoms with Gasteiger partial charge in [0.05, 0.1) is 5.69 Å². The summed E-state index contributed by atoms with van der Waals surface area (Å²) < 4.78 is 25.2. The molecule has 0 heterocycles. The molecule has 0 aromatic heterocycles. The van der Waals surface area contributed by atoms with Gasteiger partial charge in [-0.05, 0) is 24.4 Å². The third kappa shape index (κ3) is 2.39.